The zero-order valence-electron chi connectivity index (χ0n) is 10.5. The first-order valence-electron chi connectivity index (χ1n) is 6.34. The summed E-state index contributed by atoms with van der Waals surface area (Å²) in [6, 6.07) is 0.436. The van der Waals surface area contributed by atoms with E-state index in [1.54, 1.807) is 0 Å². The van der Waals surface area contributed by atoms with E-state index in [1.165, 1.54) is 0 Å². The Balaban J connectivity index is 1.98. The first kappa shape index (κ1) is 12.1. The van der Waals surface area contributed by atoms with Crippen LogP contribution in [0.15, 0.2) is 12.5 Å². The topological polar surface area (TPSA) is 55.1 Å². The lowest BCUT2D eigenvalue weighted by molar-refractivity contribution is -0.143. The first-order chi connectivity index (χ1) is 8.08. The molecule has 1 fully saturated rings. The highest BCUT2D eigenvalue weighted by Gasteiger charge is 2.26. The van der Waals surface area contributed by atoms with Gasteiger partial charge in [0.25, 0.3) is 0 Å². The normalized spacial score (nSPS) is 25.1. The van der Waals surface area contributed by atoms with Crippen molar-refractivity contribution in [3.63, 3.8) is 0 Å². The molecule has 1 aliphatic carbocycles. The maximum Gasteiger partial charge on any atom is 0.306 e. The van der Waals surface area contributed by atoms with Gasteiger partial charge in [-0.2, -0.15) is 0 Å². The van der Waals surface area contributed by atoms with E-state index in [0.717, 1.165) is 31.4 Å². The molecule has 0 radical (unpaired) electrons. The lowest BCUT2D eigenvalue weighted by atomic mass is 9.86. The molecule has 0 aliphatic heterocycles. The standard InChI is InChI=1S/C13H20N2O2/c1-9(2)12-7-15(8-14-12)11-5-3-10(4-6-11)13(16)17/h7-11H,3-6H2,1-2H3,(H,16,17). The van der Waals surface area contributed by atoms with Gasteiger partial charge in [-0.25, -0.2) is 4.98 Å². The third-order valence-electron chi connectivity index (χ3n) is 3.68. The van der Waals surface area contributed by atoms with Gasteiger partial charge in [0.05, 0.1) is 17.9 Å². The van der Waals surface area contributed by atoms with Gasteiger partial charge >= 0.3 is 5.97 Å². The molecule has 1 aromatic heterocycles. The number of aliphatic carboxylic acids is 1. The number of aromatic nitrogens is 2. The molecule has 0 atom stereocenters. The third-order valence-corrected chi connectivity index (χ3v) is 3.68. The summed E-state index contributed by atoms with van der Waals surface area (Å²) < 4.78 is 2.16. The number of imidazole rings is 1. The number of carboxylic acids is 1. The van der Waals surface area contributed by atoms with Crippen molar-refractivity contribution in [1.29, 1.82) is 0 Å². The number of carbonyl (C=O) groups is 1. The Morgan fingerprint density at radius 2 is 2.06 bits per heavy atom. The van der Waals surface area contributed by atoms with Gasteiger partial charge < -0.3 is 9.67 Å². The minimum absolute atomic E-state index is 0.139. The molecule has 17 heavy (non-hydrogen) atoms. The van der Waals surface area contributed by atoms with E-state index >= 15 is 0 Å². The molecule has 1 N–H and O–H groups in total. The van der Waals surface area contributed by atoms with Crippen molar-refractivity contribution in [2.75, 3.05) is 0 Å². The molecule has 1 aliphatic rings. The highest BCUT2D eigenvalue weighted by molar-refractivity contribution is 5.70. The zero-order valence-corrected chi connectivity index (χ0v) is 10.5. The summed E-state index contributed by atoms with van der Waals surface area (Å²) in [6.07, 6.45) is 7.47. The number of rotatable bonds is 3. The van der Waals surface area contributed by atoms with Crippen LogP contribution < -0.4 is 0 Å². The molecule has 94 valence electrons. The summed E-state index contributed by atoms with van der Waals surface area (Å²) in [5.41, 5.74) is 1.12. The van der Waals surface area contributed by atoms with Crippen LogP contribution in [-0.4, -0.2) is 20.6 Å². The van der Waals surface area contributed by atoms with Crippen molar-refractivity contribution >= 4 is 5.97 Å². The van der Waals surface area contributed by atoms with E-state index in [9.17, 15) is 4.79 Å². The second-order valence-electron chi connectivity index (χ2n) is 5.24. The predicted molar refractivity (Wildman–Crippen MR) is 64.9 cm³/mol. The molecule has 1 heterocycles. The Morgan fingerprint density at radius 1 is 1.41 bits per heavy atom. The smallest absolute Gasteiger partial charge is 0.306 e. The van der Waals surface area contributed by atoms with E-state index in [1.807, 2.05) is 6.33 Å². The van der Waals surface area contributed by atoms with Gasteiger partial charge in [0, 0.05) is 12.2 Å². The monoisotopic (exact) mass is 236 g/mol. The lowest BCUT2D eigenvalue weighted by Gasteiger charge is -2.26. The zero-order chi connectivity index (χ0) is 12.4. The van der Waals surface area contributed by atoms with E-state index in [0.29, 0.717) is 12.0 Å². The molecule has 2 rings (SSSR count). The van der Waals surface area contributed by atoms with Crippen molar-refractivity contribution in [1.82, 2.24) is 9.55 Å². The van der Waals surface area contributed by atoms with Crippen molar-refractivity contribution < 1.29 is 9.90 Å². The first-order valence-corrected chi connectivity index (χ1v) is 6.34. The highest BCUT2D eigenvalue weighted by atomic mass is 16.4. The molecule has 0 unspecified atom stereocenters. The largest absolute Gasteiger partial charge is 0.481 e. The minimum Gasteiger partial charge on any atom is -0.481 e. The van der Waals surface area contributed by atoms with Crippen molar-refractivity contribution in [2.45, 2.75) is 51.5 Å². The molecular formula is C13H20N2O2. The Kier molecular flexibility index (Phi) is 3.50. The Bertz CT molecular complexity index is 390. The fourth-order valence-electron chi connectivity index (χ4n) is 2.47. The molecule has 0 aromatic carbocycles. The maximum absolute atomic E-state index is 10.9. The van der Waals surface area contributed by atoms with Crippen LogP contribution in [-0.2, 0) is 4.79 Å². The van der Waals surface area contributed by atoms with Gasteiger partial charge in [0.15, 0.2) is 0 Å². The number of nitrogens with zero attached hydrogens (tertiary/aromatic N) is 2. The molecular weight excluding hydrogens is 216 g/mol. The van der Waals surface area contributed by atoms with Crippen LogP contribution in [0, 0.1) is 5.92 Å². The highest BCUT2D eigenvalue weighted by Crippen LogP contribution is 2.32. The van der Waals surface area contributed by atoms with Crippen LogP contribution in [0.5, 0.6) is 0 Å². The molecule has 0 bridgehead atoms. The average Bonchev–Trinajstić information content (AvgIpc) is 2.78. The summed E-state index contributed by atoms with van der Waals surface area (Å²) in [6.45, 7) is 4.27. The quantitative estimate of drug-likeness (QED) is 0.878. The minimum atomic E-state index is -0.642. The van der Waals surface area contributed by atoms with Gasteiger partial charge in [-0.05, 0) is 31.6 Å². The fourth-order valence-corrected chi connectivity index (χ4v) is 2.47. The third kappa shape index (κ3) is 2.68. The van der Waals surface area contributed by atoms with E-state index in [2.05, 4.69) is 29.6 Å². The van der Waals surface area contributed by atoms with Crippen LogP contribution in [0.1, 0.15) is 57.2 Å². The molecule has 1 saturated carbocycles. The Morgan fingerprint density at radius 3 is 2.53 bits per heavy atom. The number of hydrogen-bond donors (Lipinski definition) is 1. The average molecular weight is 236 g/mol. The maximum atomic E-state index is 10.9. The molecule has 1 aromatic rings. The van der Waals surface area contributed by atoms with Crippen LogP contribution in [0.25, 0.3) is 0 Å². The van der Waals surface area contributed by atoms with Gasteiger partial charge in [-0.1, -0.05) is 13.8 Å². The molecule has 4 nitrogen and oxygen atoms in total. The number of carboxylic acid groups (broad SMARTS) is 1. The van der Waals surface area contributed by atoms with Crippen LogP contribution in [0.4, 0.5) is 0 Å². The van der Waals surface area contributed by atoms with E-state index in [4.69, 9.17) is 5.11 Å². The molecule has 0 spiro atoms. The summed E-state index contributed by atoms with van der Waals surface area (Å²) >= 11 is 0. The molecule has 0 saturated heterocycles. The summed E-state index contributed by atoms with van der Waals surface area (Å²) in [7, 11) is 0. The fraction of sp³-hybridized carbons (Fsp3) is 0.692. The van der Waals surface area contributed by atoms with Crippen molar-refractivity contribution in [3.8, 4) is 0 Å². The van der Waals surface area contributed by atoms with Crippen LogP contribution >= 0.6 is 0 Å². The SMILES string of the molecule is CC(C)c1cn(C2CCC(C(=O)O)CC2)cn1. The van der Waals surface area contributed by atoms with Gasteiger partial charge in [0.1, 0.15) is 0 Å². The van der Waals surface area contributed by atoms with Crippen LogP contribution in [0.2, 0.25) is 0 Å². The lowest BCUT2D eigenvalue weighted by Crippen LogP contribution is -2.22. The van der Waals surface area contributed by atoms with Crippen LogP contribution in [0.3, 0.4) is 0 Å². The van der Waals surface area contributed by atoms with Gasteiger partial charge in [-0.15, -0.1) is 0 Å². The summed E-state index contributed by atoms with van der Waals surface area (Å²) in [5, 5.41) is 8.95. The van der Waals surface area contributed by atoms with Gasteiger partial charge in [0.2, 0.25) is 0 Å². The Labute approximate surface area is 102 Å². The summed E-state index contributed by atoms with van der Waals surface area (Å²) in [5.74, 6) is -0.331. The molecule has 0 amide bonds. The predicted octanol–water partition coefficient (Wildman–Crippen LogP) is 2.82. The van der Waals surface area contributed by atoms with Gasteiger partial charge in [-0.3, -0.25) is 4.79 Å². The molecule has 4 heteroatoms. The number of hydrogen-bond acceptors (Lipinski definition) is 2. The van der Waals surface area contributed by atoms with Crippen molar-refractivity contribution in [2.24, 2.45) is 5.92 Å². The Hall–Kier alpha value is -1.32. The summed E-state index contributed by atoms with van der Waals surface area (Å²) in [4.78, 5) is 15.3. The van der Waals surface area contributed by atoms with Crippen molar-refractivity contribution in [3.05, 3.63) is 18.2 Å². The van der Waals surface area contributed by atoms with E-state index in [-0.39, 0.29) is 5.92 Å². The second kappa shape index (κ2) is 4.90. The second-order valence-corrected chi connectivity index (χ2v) is 5.24. The van der Waals surface area contributed by atoms with E-state index < -0.39 is 5.97 Å².